The third-order valence-electron chi connectivity index (χ3n) is 4.12. The fourth-order valence-electron chi connectivity index (χ4n) is 1.75. The van der Waals surface area contributed by atoms with Crippen LogP contribution >= 0.6 is 0 Å². The maximum absolute atomic E-state index is 10.2. The first-order chi connectivity index (χ1) is 8.67. The lowest BCUT2D eigenvalue weighted by Gasteiger charge is -2.35. The molecule has 0 saturated carbocycles. The molecule has 1 aromatic rings. The average Bonchev–Trinajstić information content (AvgIpc) is 2.35. The highest BCUT2D eigenvalue weighted by atomic mass is 28.4. The molecule has 0 bridgehead atoms. The first-order valence-electron chi connectivity index (χ1n) is 6.58. The zero-order chi connectivity index (χ0) is 14.7. The van der Waals surface area contributed by atoms with Crippen LogP contribution in [0.3, 0.4) is 0 Å². The normalized spacial score (nSPS) is 13.9. The maximum Gasteiger partial charge on any atom is 0.188 e. The molecule has 1 atom stereocenters. The smallest absolute Gasteiger partial charge is 0.188 e. The summed E-state index contributed by atoms with van der Waals surface area (Å²) in [4.78, 5) is 10.2. The van der Waals surface area contributed by atoms with Crippen molar-refractivity contribution in [2.45, 2.75) is 50.9 Å². The highest BCUT2D eigenvalue weighted by molar-refractivity contribution is 6.72. The molecule has 3 nitrogen and oxygen atoms in total. The molecule has 0 aromatic heterocycles. The molecule has 4 heteroatoms. The van der Waals surface area contributed by atoms with Crippen LogP contribution in [0.1, 0.15) is 43.9 Å². The van der Waals surface area contributed by atoms with Crippen LogP contribution in [0.15, 0.2) is 24.3 Å². The van der Waals surface area contributed by atoms with E-state index in [4.69, 9.17) is 5.26 Å². The number of hydrogen-bond acceptors (Lipinski definition) is 3. The third-order valence-corrected chi connectivity index (χ3v) is 7.69. The van der Waals surface area contributed by atoms with Crippen molar-refractivity contribution in [3.63, 3.8) is 0 Å². The first-order valence-corrected chi connectivity index (χ1v) is 9.52. The zero-order valence-corrected chi connectivity index (χ0v) is 13.1. The quantitative estimate of drug-likeness (QED) is 0.811. The van der Waals surface area contributed by atoms with Gasteiger partial charge in [-0.25, -0.2) is 0 Å². The topological polar surface area (TPSA) is 64.2 Å². The van der Waals surface area contributed by atoms with Crippen LogP contribution in [0, 0.1) is 11.3 Å². The molecule has 0 unspecified atom stereocenters. The molecule has 1 aromatic carbocycles. The van der Waals surface area contributed by atoms with Gasteiger partial charge in [0, 0.05) is 0 Å². The van der Waals surface area contributed by atoms with Crippen molar-refractivity contribution in [3.8, 4) is 6.07 Å². The number of rotatable bonds is 5. The van der Waals surface area contributed by atoms with E-state index in [1.807, 2.05) is 13.1 Å². The molecule has 0 fully saturated rings. The number of nitrogens with zero attached hydrogens (tertiary/aromatic N) is 1. The number of benzene rings is 1. The predicted molar refractivity (Wildman–Crippen MR) is 79.1 cm³/mol. The summed E-state index contributed by atoms with van der Waals surface area (Å²) >= 11 is 0. The molecule has 0 saturated heterocycles. The summed E-state index contributed by atoms with van der Waals surface area (Å²) in [7, 11) is -2.22. The van der Waals surface area contributed by atoms with Crippen LogP contribution in [-0.2, 0) is 0 Å². The molecule has 0 radical (unpaired) electrons. The largest absolute Gasteiger partial charge is 0.432 e. The molecule has 1 rings (SSSR count). The number of aliphatic hydroxyl groups is 1. The summed E-state index contributed by atoms with van der Waals surface area (Å²) in [6, 6.07) is 9.07. The van der Waals surface area contributed by atoms with Gasteiger partial charge in [0.15, 0.2) is 8.32 Å². The van der Waals surface area contributed by atoms with Gasteiger partial charge in [0.05, 0.1) is 17.7 Å². The van der Waals surface area contributed by atoms with Crippen LogP contribution in [0.4, 0.5) is 0 Å². The minimum Gasteiger partial charge on any atom is -0.432 e. The molecule has 0 amide bonds. The van der Waals surface area contributed by atoms with Crippen LogP contribution in [0.25, 0.3) is 0 Å². The monoisotopic (exact) mass is 277 g/mol. The van der Waals surface area contributed by atoms with Gasteiger partial charge in [0.1, 0.15) is 0 Å². The minimum atomic E-state index is -2.22. The van der Waals surface area contributed by atoms with Crippen LogP contribution in [-0.4, -0.2) is 18.2 Å². The molecule has 0 aliphatic rings. The summed E-state index contributed by atoms with van der Waals surface area (Å²) < 4.78 is 0. The van der Waals surface area contributed by atoms with E-state index in [0.717, 1.165) is 12.0 Å². The summed E-state index contributed by atoms with van der Waals surface area (Å²) in [5.74, 6) is 0. The predicted octanol–water partition coefficient (Wildman–Crippen LogP) is 3.35. The minimum absolute atomic E-state index is 0.124. The van der Waals surface area contributed by atoms with Gasteiger partial charge in [-0.3, -0.25) is 0 Å². The number of nitriles is 1. The first kappa shape index (κ1) is 15.9. The zero-order valence-electron chi connectivity index (χ0n) is 12.1. The second kappa shape index (κ2) is 5.87. The second-order valence-corrected chi connectivity index (χ2v) is 10.7. The lowest BCUT2D eigenvalue weighted by molar-refractivity contribution is 0.158. The Hall–Kier alpha value is -1.15. The highest BCUT2D eigenvalue weighted by Gasteiger charge is 2.37. The molecule has 19 heavy (non-hydrogen) atoms. The van der Waals surface area contributed by atoms with Gasteiger partial charge in [-0.2, -0.15) is 5.26 Å². The molecule has 104 valence electrons. The third kappa shape index (κ3) is 4.17. The maximum atomic E-state index is 10.2. The summed E-state index contributed by atoms with van der Waals surface area (Å²) in [5, 5.41) is 18.8. The van der Waals surface area contributed by atoms with Crippen LogP contribution in [0.2, 0.25) is 18.1 Å². The van der Waals surface area contributed by atoms with E-state index in [1.165, 1.54) is 0 Å². The van der Waals surface area contributed by atoms with Gasteiger partial charge in [-0.15, -0.1) is 0 Å². The summed E-state index contributed by atoms with van der Waals surface area (Å²) in [5.41, 5.74) is 1.42. The fourth-order valence-corrected chi connectivity index (χ4v) is 2.51. The Morgan fingerprint density at radius 3 is 2.21 bits per heavy atom. The molecule has 0 spiro atoms. The van der Waals surface area contributed by atoms with Gasteiger partial charge in [-0.05, 0) is 48.7 Å². The molecular weight excluding hydrogens is 254 g/mol. The summed E-state index contributed by atoms with van der Waals surface area (Å²) in [6.45, 7) is 7.98. The Kier molecular flexibility index (Phi) is 4.91. The van der Waals surface area contributed by atoms with Gasteiger partial charge in [0.25, 0.3) is 0 Å². The van der Waals surface area contributed by atoms with E-state index < -0.39 is 14.4 Å². The Labute approximate surface area is 116 Å². The van der Waals surface area contributed by atoms with Gasteiger partial charge >= 0.3 is 0 Å². The van der Waals surface area contributed by atoms with Gasteiger partial charge in [0.2, 0.25) is 0 Å². The highest BCUT2D eigenvalue weighted by Crippen LogP contribution is 2.41. The van der Waals surface area contributed by atoms with E-state index in [9.17, 15) is 9.90 Å². The van der Waals surface area contributed by atoms with E-state index in [-0.39, 0.29) is 5.04 Å². The van der Waals surface area contributed by atoms with Crippen molar-refractivity contribution in [2.24, 2.45) is 0 Å². The van der Waals surface area contributed by atoms with Crippen molar-refractivity contribution in [1.82, 2.24) is 0 Å². The van der Waals surface area contributed by atoms with Gasteiger partial charge < -0.3 is 9.90 Å². The Morgan fingerprint density at radius 1 is 1.26 bits per heavy atom. The van der Waals surface area contributed by atoms with Crippen molar-refractivity contribution in [1.29, 1.82) is 5.26 Å². The van der Waals surface area contributed by atoms with Crippen molar-refractivity contribution in [2.75, 3.05) is 0 Å². The van der Waals surface area contributed by atoms with E-state index >= 15 is 0 Å². The van der Waals surface area contributed by atoms with Crippen molar-refractivity contribution >= 4 is 8.32 Å². The van der Waals surface area contributed by atoms with E-state index in [0.29, 0.717) is 12.0 Å². The Balaban J connectivity index is 2.65. The molecule has 0 aliphatic carbocycles. The lowest BCUT2D eigenvalue weighted by atomic mass is 9.98. The summed E-state index contributed by atoms with van der Waals surface area (Å²) in [6.07, 6.45) is 0.864. The molecule has 0 heterocycles. The van der Waals surface area contributed by atoms with Crippen LogP contribution < -0.4 is 0 Å². The number of hydrogen-bond donors (Lipinski definition) is 2. The standard InChI is InChI=1S/C15H23NO2Si/c1-15(2,19(3,4)18)10-9-14(17)13-7-5-12(11-16)6-8-13/h5-8,14,17-18H,9-10H2,1-4H3/t14-/m1/s1. The second-order valence-electron chi connectivity index (χ2n) is 6.23. The number of aliphatic hydroxyl groups excluding tert-OH is 1. The molecular formula is C15H23NO2Si. The van der Waals surface area contributed by atoms with E-state index in [2.05, 4.69) is 19.9 Å². The Morgan fingerprint density at radius 2 is 1.79 bits per heavy atom. The van der Waals surface area contributed by atoms with Crippen molar-refractivity contribution < 1.29 is 9.90 Å². The molecule has 2 N–H and O–H groups in total. The van der Waals surface area contributed by atoms with E-state index in [1.54, 1.807) is 24.3 Å². The Bertz CT molecular complexity index is 455. The molecule has 0 aliphatic heterocycles. The fraction of sp³-hybridized carbons (Fsp3) is 0.533. The average molecular weight is 277 g/mol. The lowest BCUT2D eigenvalue weighted by Crippen LogP contribution is -2.39. The van der Waals surface area contributed by atoms with Crippen molar-refractivity contribution in [3.05, 3.63) is 35.4 Å². The van der Waals surface area contributed by atoms with Crippen LogP contribution in [0.5, 0.6) is 0 Å². The SMILES string of the molecule is CC(C)(CC[C@@H](O)c1ccc(C#N)cc1)[Si](C)(C)O. The van der Waals surface area contributed by atoms with Gasteiger partial charge in [-0.1, -0.05) is 26.0 Å².